The number of rotatable bonds is 0. The molecule has 0 aromatic carbocycles. The lowest BCUT2D eigenvalue weighted by molar-refractivity contribution is 0.247. The van der Waals surface area contributed by atoms with E-state index in [1.807, 2.05) is 0 Å². The predicted octanol–water partition coefficient (Wildman–Crippen LogP) is 2.93. The van der Waals surface area contributed by atoms with Gasteiger partial charge >= 0.3 is 0 Å². The molecule has 0 N–H and O–H groups in total. The summed E-state index contributed by atoms with van der Waals surface area (Å²) in [5, 5.41) is 1.05. The van der Waals surface area contributed by atoms with Crippen LogP contribution in [0, 0.1) is 17.3 Å². The van der Waals surface area contributed by atoms with Gasteiger partial charge in [0.1, 0.15) is 0 Å². The third kappa shape index (κ3) is 0.546. The topological polar surface area (TPSA) is 0 Å². The molecule has 3 fully saturated rings. The molecule has 62 valence electrons. The van der Waals surface area contributed by atoms with Crippen LogP contribution in [0.4, 0.5) is 0 Å². The molecule has 1 heteroatoms. The molecule has 0 radical (unpaired) electrons. The van der Waals surface area contributed by atoms with Crippen molar-refractivity contribution >= 4 is 11.8 Å². The van der Waals surface area contributed by atoms with Crippen LogP contribution in [-0.4, -0.2) is 10.00 Å². The van der Waals surface area contributed by atoms with Crippen LogP contribution in [0.5, 0.6) is 0 Å². The first-order valence-electron chi connectivity index (χ1n) is 4.74. The highest BCUT2D eigenvalue weighted by Crippen LogP contribution is 2.79. The van der Waals surface area contributed by atoms with Crippen LogP contribution >= 0.6 is 11.8 Å². The van der Waals surface area contributed by atoms with E-state index in [0.29, 0.717) is 5.41 Å². The van der Waals surface area contributed by atoms with Gasteiger partial charge in [-0.15, -0.1) is 11.8 Å². The van der Waals surface area contributed by atoms with E-state index in [-0.39, 0.29) is 0 Å². The Balaban J connectivity index is 2.07. The molecule has 1 heterocycles. The lowest BCUT2D eigenvalue weighted by Gasteiger charge is -2.29. The van der Waals surface area contributed by atoms with Gasteiger partial charge < -0.3 is 0 Å². The number of thioether (sulfide) groups is 1. The standard InChI is InChI=1S/C10H16S/c1-9(2)6-4-5-7(9)10(3)8(6)11-10/h6-8H,4-5H2,1-3H3. The fourth-order valence-corrected chi connectivity index (χ4v) is 5.96. The minimum absolute atomic E-state index is 0.685. The molecule has 0 aromatic heterocycles. The van der Waals surface area contributed by atoms with E-state index >= 15 is 0 Å². The Hall–Kier alpha value is 0.350. The average Bonchev–Trinajstić information content (AvgIpc) is 2.44. The number of fused-ring (bicyclic) bond motifs is 5. The summed E-state index contributed by atoms with van der Waals surface area (Å²) in [6, 6.07) is 0. The van der Waals surface area contributed by atoms with Crippen molar-refractivity contribution in [2.75, 3.05) is 0 Å². The molecule has 0 nitrogen and oxygen atoms in total. The lowest BCUT2D eigenvalue weighted by atomic mass is 9.80. The molecule has 0 spiro atoms. The molecular formula is C10H16S. The molecule has 4 atom stereocenters. The SMILES string of the molecule is CC1(C)C2CCC1C1(C)SC21. The second-order valence-electron chi connectivity index (χ2n) is 5.28. The van der Waals surface area contributed by atoms with Gasteiger partial charge in [0.15, 0.2) is 0 Å². The molecule has 4 unspecified atom stereocenters. The van der Waals surface area contributed by atoms with Crippen molar-refractivity contribution in [3.63, 3.8) is 0 Å². The molecule has 2 aliphatic carbocycles. The van der Waals surface area contributed by atoms with Crippen molar-refractivity contribution in [3.8, 4) is 0 Å². The smallest absolute Gasteiger partial charge is 0.0290 e. The summed E-state index contributed by atoms with van der Waals surface area (Å²) in [5.41, 5.74) is 0.685. The van der Waals surface area contributed by atoms with Crippen LogP contribution in [0.2, 0.25) is 0 Å². The maximum Gasteiger partial charge on any atom is 0.0290 e. The second-order valence-corrected chi connectivity index (χ2v) is 6.90. The first-order valence-corrected chi connectivity index (χ1v) is 5.62. The zero-order valence-corrected chi connectivity index (χ0v) is 8.37. The average molecular weight is 168 g/mol. The van der Waals surface area contributed by atoms with Gasteiger partial charge in [-0.2, -0.15) is 0 Å². The summed E-state index contributed by atoms with van der Waals surface area (Å²) < 4.78 is 0.729. The van der Waals surface area contributed by atoms with Crippen molar-refractivity contribution in [2.45, 2.75) is 43.6 Å². The maximum absolute atomic E-state index is 2.49. The quantitative estimate of drug-likeness (QED) is 0.501. The van der Waals surface area contributed by atoms with Gasteiger partial charge in [-0.3, -0.25) is 0 Å². The normalized spacial score (nSPS) is 63.0. The molecule has 2 bridgehead atoms. The van der Waals surface area contributed by atoms with Crippen LogP contribution in [0.15, 0.2) is 0 Å². The van der Waals surface area contributed by atoms with Gasteiger partial charge in [-0.1, -0.05) is 13.8 Å². The highest BCUT2D eigenvalue weighted by Gasteiger charge is 2.74. The number of hydrogen-bond acceptors (Lipinski definition) is 1. The molecule has 0 aromatic rings. The van der Waals surface area contributed by atoms with Crippen molar-refractivity contribution in [2.24, 2.45) is 17.3 Å². The Kier molecular flexibility index (Phi) is 0.946. The highest BCUT2D eigenvalue weighted by atomic mass is 32.2. The van der Waals surface area contributed by atoms with Gasteiger partial charge in [-0.25, -0.2) is 0 Å². The Morgan fingerprint density at radius 3 is 2.27 bits per heavy atom. The van der Waals surface area contributed by atoms with E-state index in [1.165, 1.54) is 12.8 Å². The molecule has 1 saturated heterocycles. The monoisotopic (exact) mass is 168 g/mol. The Labute approximate surface area is 73.1 Å². The summed E-state index contributed by atoms with van der Waals surface area (Å²) in [7, 11) is 0. The zero-order valence-electron chi connectivity index (χ0n) is 7.55. The summed E-state index contributed by atoms with van der Waals surface area (Å²) >= 11 is 2.26. The summed E-state index contributed by atoms with van der Waals surface area (Å²) in [6.07, 6.45) is 3.03. The minimum Gasteiger partial charge on any atom is -0.149 e. The highest BCUT2D eigenvalue weighted by molar-refractivity contribution is 8.08. The van der Waals surface area contributed by atoms with E-state index in [4.69, 9.17) is 0 Å². The van der Waals surface area contributed by atoms with E-state index in [2.05, 4.69) is 32.5 Å². The Morgan fingerprint density at radius 1 is 1.18 bits per heavy atom. The minimum atomic E-state index is 0.685. The molecule has 11 heavy (non-hydrogen) atoms. The van der Waals surface area contributed by atoms with E-state index in [9.17, 15) is 0 Å². The van der Waals surface area contributed by atoms with Gasteiger partial charge in [0.2, 0.25) is 0 Å². The third-order valence-corrected chi connectivity index (χ3v) is 6.43. The van der Waals surface area contributed by atoms with Crippen molar-refractivity contribution in [1.29, 1.82) is 0 Å². The van der Waals surface area contributed by atoms with Crippen LogP contribution in [0.3, 0.4) is 0 Å². The molecular weight excluding hydrogens is 152 g/mol. The molecule has 0 amide bonds. The Bertz CT molecular complexity index is 221. The second kappa shape index (κ2) is 1.53. The lowest BCUT2D eigenvalue weighted by Crippen LogP contribution is -2.24. The fraction of sp³-hybridized carbons (Fsp3) is 1.00. The van der Waals surface area contributed by atoms with E-state index in [0.717, 1.165) is 21.8 Å². The molecule has 1 aliphatic heterocycles. The molecule has 3 aliphatic rings. The van der Waals surface area contributed by atoms with E-state index < -0.39 is 0 Å². The van der Waals surface area contributed by atoms with Gasteiger partial charge in [0.25, 0.3) is 0 Å². The van der Waals surface area contributed by atoms with Crippen molar-refractivity contribution in [3.05, 3.63) is 0 Å². The number of hydrogen-bond donors (Lipinski definition) is 0. The van der Waals surface area contributed by atoms with Gasteiger partial charge in [-0.05, 0) is 37.0 Å². The van der Waals surface area contributed by atoms with Crippen molar-refractivity contribution < 1.29 is 0 Å². The van der Waals surface area contributed by atoms with Crippen LogP contribution in [0.25, 0.3) is 0 Å². The van der Waals surface area contributed by atoms with Gasteiger partial charge in [0, 0.05) is 10.00 Å². The molecule has 2 saturated carbocycles. The fourth-order valence-electron chi connectivity index (χ4n) is 3.92. The maximum atomic E-state index is 2.49. The third-order valence-electron chi connectivity index (χ3n) is 4.57. The van der Waals surface area contributed by atoms with Crippen molar-refractivity contribution in [1.82, 2.24) is 0 Å². The first kappa shape index (κ1) is 6.82. The summed E-state index contributed by atoms with van der Waals surface area (Å²) in [5.74, 6) is 2.09. The largest absolute Gasteiger partial charge is 0.149 e. The zero-order chi connectivity index (χ0) is 7.85. The van der Waals surface area contributed by atoms with Crippen LogP contribution in [-0.2, 0) is 0 Å². The summed E-state index contributed by atoms with van der Waals surface area (Å²) in [6.45, 7) is 7.48. The first-order chi connectivity index (χ1) is 5.07. The van der Waals surface area contributed by atoms with Crippen LogP contribution in [0.1, 0.15) is 33.6 Å². The van der Waals surface area contributed by atoms with Gasteiger partial charge in [0.05, 0.1) is 0 Å². The van der Waals surface area contributed by atoms with E-state index in [1.54, 1.807) is 0 Å². The van der Waals surface area contributed by atoms with Crippen LogP contribution < -0.4 is 0 Å². The predicted molar refractivity (Wildman–Crippen MR) is 49.8 cm³/mol. The molecule has 3 rings (SSSR count). The Morgan fingerprint density at radius 2 is 1.91 bits per heavy atom. The summed E-state index contributed by atoms with van der Waals surface area (Å²) in [4.78, 5) is 0.